The molecule has 28 heavy (non-hydrogen) atoms. The van der Waals surface area contributed by atoms with Crippen molar-refractivity contribution in [2.24, 2.45) is 0 Å². The minimum Gasteiger partial charge on any atom is -0.348 e. The second-order valence-corrected chi connectivity index (χ2v) is 7.38. The Bertz CT molecular complexity index is 804. The summed E-state index contributed by atoms with van der Waals surface area (Å²) in [5.41, 5.74) is 0.939. The van der Waals surface area contributed by atoms with Crippen LogP contribution in [0.15, 0.2) is 48.5 Å². The molecule has 2 aliphatic rings. The largest absolute Gasteiger partial charge is 0.416 e. The molecular formula is C21H21F4NO2. The fourth-order valence-corrected chi connectivity index (χ4v) is 3.82. The van der Waals surface area contributed by atoms with E-state index in [9.17, 15) is 17.6 Å². The summed E-state index contributed by atoms with van der Waals surface area (Å²) in [6, 6.07) is 11.7. The van der Waals surface area contributed by atoms with Crippen LogP contribution in [0.4, 0.5) is 17.6 Å². The number of hydrogen-bond acceptors (Lipinski definition) is 3. The smallest absolute Gasteiger partial charge is 0.348 e. The van der Waals surface area contributed by atoms with Crippen LogP contribution in [0, 0.1) is 5.82 Å². The van der Waals surface area contributed by atoms with E-state index in [1.165, 1.54) is 24.3 Å². The fourth-order valence-electron chi connectivity index (χ4n) is 3.82. The number of morpholine rings is 1. The van der Waals surface area contributed by atoms with Crippen LogP contribution in [-0.4, -0.2) is 25.5 Å². The minimum absolute atomic E-state index is 0.0454. The SMILES string of the molecule is Fc1ccc([C@H]2COC3(CC[C@H](c4cccc(C(F)(F)F)c4)CO3)CN2)cc1. The Kier molecular flexibility index (Phi) is 5.16. The molecule has 2 saturated heterocycles. The van der Waals surface area contributed by atoms with Crippen LogP contribution in [-0.2, 0) is 15.7 Å². The summed E-state index contributed by atoms with van der Waals surface area (Å²) in [5.74, 6) is -1.13. The van der Waals surface area contributed by atoms with E-state index in [-0.39, 0.29) is 17.8 Å². The van der Waals surface area contributed by atoms with Gasteiger partial charge < -0.3 is 14.8 Å². The van der Waals surface area contributed by atoms with Gasteiger partial charge in [0.25, 0.3) is 0 Å². The molecule has 0 aromatic heterocycles. The van der Waals surface area contributed by atoms with Gasteiger partial charge in [0, 0.05) is 12.3 Å². The first-order valence-electron chi connectivity index (χ1n) is 9.29. The highest BCUT2D eigenvalue weighted by Crippen LogP contribution is 2.38. The molecule has 2 aliphatic heterocycles. The van der Waals surface area contributed by atoms with Gasteiger partial charge in [0.05, 0.1) is 31.4 Å². The molecule has 7 heteroatoms. The molecule has 2 aromatic rings. The van der Waals surface area contributed by atoms with Gasteiger partial charge in [-0.15, -0.1) is 0 Å². The predicted molar refractivity (Wildman–Crippen MR) is 95.2 cm³/mol. The maximum Gasteiger partial charge on any atom is 0.416 e. The molecule has 0 amide bonds. The first-order chi connectivity index (χ1) is 13.3. The van der Waals surface area contributed by atoms with Crippen LogP contribution >= 0.6 is 0 Å². The van der Waals surface area contributed by atoms with E-state index in [0.29, 0.717) is 38.2 Å². The molecule has 0 aliphatic carbocycles. The lowest BCUT2D eigenvalue weighted by atomic mass is 9.88. The summed E-state index contributed by atoms with van der Waals surface area (Å²) < 4.78 is 63.9. The molecule has 2 aromatic carbocycles. The lowest BCUT2D eigenvalue weighted by Gasteiger charge is -2.44. The van der Waals surface area contributed by atoms with Crippen LogP contribution in [0.25, 0.3) is 0 Å². The molecule has 0 saturated carbocycles. The maximum absolute atomic E-state index is 13.1. The van der Waals surface area contributed by atoms with E-state index in [1.54, 1.807) is 18.2 Å². The van der Waals surface area contributed by atoms with Gasteiger partial charge in [-0.25, -0.2) is 4.39 Å². The highest BCUT2D eigenvalue weighted by molar-refractivity contribution is 5.29. The molecule has 3 atom stereocenters. The third-order valence-electron chi connectivity index (χ3n) is 5.51. The second kappa shape index (κ2) is 7.46. The number of ether oxygens (including phenoxy) is 2. The Hall–Kier alpha value is -1.96. The van der Waals surface area contributed by atoms with Crippen LogP contribution in [0.5, 0.6) is 0 Å². The topological polar surface area (TPSA) is 30.5 Å². The van der Waals surface area contributed by atoms with Gasteiger partial charge in [-0.2, -0.15) is 13.2 Å². The number of rotatable bonds is 2. The highest BCUT2D eigenvalue weighted by atomic mass is 19.4. The third kappa shape index (κ3) is 4.06. The average Bonchev–Trinajstić information content (AvgIpc) is 2.69. The van der Waals surface area contributed by atoms with Crippen molar-refractivity contribution in [1.82, 2.24) is 5.32 Å². The Morgan fingerprint density at radius 2 is 1.71 bits per heavy atom. The molecule has 4 rings (SSSR count). The highest BCUT2D eigenvalue weighted by Gasteiger charge is 2.42. The van der Waals surface area contributed by atoms with Gasteiger partial charge >= 0.3 is 6.18 Å². The zero-order valence-corrected chi connectivity index (χ0v) is 15.1. The summed E-state index contributed by atoms with van der Waals surface area (Å²) >= 11 is 0. The maximum atomic E-state index is 13.1. The summed E-state index contributed by atoms with van der Waals surface area (Å²) in [6.45, 7) is 1.18. The van der Waals surface area contributed by atoms with Crippen molar-refractivity contribution in [3.05, 3.63) is 71.0 Å². The minimum atomic E-state index is -4.35. The van der Waals surface area contributed by atoms with Crippen molar-refractivity contribution < 1.29 is 27.0 Å². The van der Waals surface area contributed by atoms with Crippen LogP contribution in [0.2, 0.25) is 0 Å². The lowest BCUT2D eigenvalue weighted by molar-refractivity contribution is -0.273. The summed E-state index contributed by atoms with van der Waals surface area (Å²) in [4.78, 5) is 0. The van der Waals surface area contributed by atoms with Gasteiger partial charge in [-0.1, -0.05) is 30.3 Å². The molecule has 3 nitrogen and oxygen atoms in total. The van der Waals surface area contributed by atoms with Crippen molar-refractivity contribution in [1.29, 1.82) is 0 Å². The first-order valence-corrected chi connectivity index (χ1v) is 9.29. The van der Waals surface area contributed by atoms with Gasteiger partial charge in [0.1, 0.15) is 5.82 Å². The second-order valence-electron chi connectivity index (χ2n) is 7.38. The molecule has 2 heterocycles. The van der Waals surface area contributed by atoms with Gasteiger partial charge in [-0.3, -0.25) is 0 Å². The van der Waals surface area contributed by atoms with E-state index in [2.05, 4.69) is 5.32 Å². The van der Waals surface area contributed by atoms with E-state index < -0.39 is 17.5 Å². The molecule has 0 radical (unpaired) electrons. The van der Waals surface area contributed by atoms with Gasteiger partial charge in [-0.05, 0) is 35.7 Å². The number of halogens is 4. The summed E-state index contributed by atoms with van der Waals surface area (Å²) in [7, 11) is 0. The Morgan fingerprint density at radius 1 is 0.964 bits per heavy atom. The fraction of sp³-hybridized carbons (Fsp3) is 0.429. The van der Waals surface area contributed by atoms with E-state index in [1.807, 2.05) is 0 Å². The zero-order chi connectivity index (χ0) is 19.8. The van der Waals surface area contributed by atoms with E-state index in [0.717, 1.165) is 11.6 Å². The van der Waals surface area contributed by atoms with Crippen LogP contribution < -0.4 is 5.32 Å². The van der Waals surface area contributed by atoms with Gasteiger partial charge in [0.15, 0.2) is 5.79 Å². The van der Waals surface area contributed by atoms with Crippen LogP contribution in [0.3, 0.4) is 0 Å². The molecule has 1 N–H and O–H groups in total. The van der Waals surface area contributed by atoms with Crippen molar-refractivity contribution in [3.63, 3.8) is 0 Å². The zero-order valence-electron chi connectivity index (χ0n) is 15.1. The normalized spacial score (nSPS) is 28.4. The Morgan fingerprint density at radius 3 is 2.32 bits per heavy atom. The van der Waals surface area contributed by atoms with Crippen molar-refractivity contribution in [3.8, 4) is 0 Å². The summed E-state index contributed by atoms with van der Waals surface area (Å²) in [6.07, 6.45) is -3.07. The monoisotopic (exact) mass is 395 g/mol. The van der Waals surface area contributed by atoms with E-state index >= 15 is 0 Å². The van der Waals surface area contributed by atoms with Crippen LogP contribution in [0.1, 0.15) is 41.5 Å². The third-order valence-corrected chi connectivity index (χ3v) is 5.51. The molecule has 0 bridgehead atoms. The first kappa shape index (κ1) is 19.4. The Balaban J connectivity index is 1.36. The van der Waals surface area contributed by atoms with Crippen molar-refractivity contribution in [2.75, 3.05) is 19.8 Å². The predicted octanol–water partition coefficient (Wildman–Crippen LogP) is 4.80. The van der Waals surface area contributed by atoms with Gasteiger partial charge in [0.2, 0.25) is 0 Å². The number of benzene rings is 2. The molecule has 2 fully saturated rings. The number of nitrogens with one attached hydrogen (secondary N) is 1. The number of hydrogen-bond donors (Lipinski definition) is 1. The standard InChI is InChI=1S/C21H21F4NO2/c22-18-6-4-14(5-7-18)19-12-28-20(13-26-19)9-8-16(11-27-20)15-2-1-3-17(10-15)21(23,24)25/h1-7,10,16,19,26H,8-9,11-13H2/t16-,19+,20?/m0/s1. The molecule has 150 valence electrons. The van der Waals surface area contributed by atoms with E-state index in [4.69, 9.17) is 9.47 Å². The molecule has 1 spiro atoms. The van der Waals surface area contributed by atoms with Crippen molar-refractivity contribution >= 4 is 0 Å². The lowest BCUT2D eigenvalue weighted by Crippen LogP contribution is -2.54. The number of alkyl halides is 3. The molecular weight excluding hydrogens is 374 g/mol. The quantitative estimate of drug-likeness (QED) is 0.742. The molecule has 1 unspecified atom stereocenters. The summed E-state index contributed by atoms with van der Waals surface area (Å²) in [5, 5.41) is 3.38. The average molecular weight is 395 g/mol. The van der Waals surface area contributed by atoms with Crippen molar-refractivity contribution in [2.45, 2.75) is 36.8 Å². The Labute approximate surface area is 160 Å².